The zero-order chi connectivity index (χ0) is 9.30. The lowest BCUT2D eigenvalue weighted by molar-refractivity contribution is 0.443. The monoisotopic (exact) mass is 162 g/mol. The molecule has 1 unspecified atom stereocenters. The van der Waals surface area contributed by atoms with Crippen molar-refractivity contribution in [2.75, 3.05) is 0 Å². The molecule has 0 aromatic heterocycles. The molecule has 1 rings (SSSR count). The first-order valence-corrected chi connectivity index (χ1v) is 3.80. The molecule has 0 fully saturated rings. The molecule has 0 amide bonds. The maximum absolute atomic E-state index is 9.35. The Morgan fingerprint density at radius 3 is 2.33 bits per heavy atom. The van der Waals surface area contributed by atoms with Crippen LogP contribution in [0.3, 0.4) is 0 Å². The number of phenolic OH excluding ortho intramolecular Hbond substituents is 2. The molecular formula is C9H11BO2. The molecule has 0 aliphatic carbocycles. The van der Waals surface area contributed by atoms with Gasteiger partial charge in [0, 0.05) is 6.07 Å². The van der Waals surface area contributed by atoms with Crippen molar-refractivity contribution in [2.24, 2.45) is 0 Å². The topological polar surface area (TPSA) is 40.5 Å². The first kappa shape index (κ1) is 8.98. The maximum Gasteiger partial charge on any atom is 0.122 e. The second kappa shape index (κ2) is 3.09. The van der Waals surface area contributed by atoms with Crippen molar-refractivity contribution in [3.63, 3.8) is 0 Å². The Morgan fingerprint density at radius 2 is 1.83 bits per heavy atom. The van der Waals surface area contributed by atoms with Gasteiger partial charge in [0.25, 0.3) is 0 Å². The largest absolute Gasteiger partial charge is 0.508 e. The van der Waals surface area contributed by atoms with Gasteiger partial charge >= 0.3 is 0 Å². The van der Waals surface area contributed by atoms with Gasteiger partial charge in [0.2, 0.25) is 0 Å². The number of aromatic hydroxyl groups is 2. The summed E-state index contributed by atoms with van der Waals surface area (Å²) in [6, 6.07) is 3.00. The van der Waals surface area contributed by atoms with Crippen molar-refractivity contribution in [1.82, 2.24) is 0 Å². The summed E-state index contributed by atoms with van der Waals surface area (Å²) >= 11 is 0. The van der Waals surface area contributed by atoms with Crippen molar-refractivity contribution in [3.8, 4) is 11.5 Å². The van der Waals surface area contributed by atoms with E-state index in [1.165, 1.54) is 6.07 Å². The number of phenols is 2. The number of hydrogen-bond donors (Lipinski definition) is 2. The Bertz CT molecular complexity index is 295. The van der Waals surface area contributed by atoms with Crippen LogP contribution in [0.5, 0.6) is 11.5 Å². The second-order valence-corrected chi connectivity index (χ2v) is 2.99. The highest BCUT2D eigenvalue weighted by Crippen LogP contribution is 2.30. The molecule has 1 atom stereocenters. The molecule has 0 aliphatic heterocycles. The lowest BCUT2D eigenvalue weighted by atomic mass is 9.82. The van der Waals surface area contributed by atoms with Crippen molar-refractivity contribution >= 4 is 7.85 Å². The molecular weight excluding hydrogens is 151 g/mol. The predicted molar refractivity (Wildman–Crippen MR) is 48.7 cm³/mol. The minimum atomic E-state index is -0.218. The molecule has 2 N–H and O–H groups in total. The Kier molecular flexibility index (Phi) is 2.31. The fourth-order valence-corrected chi connectivity index (χ4v) is 1.07. The minimum absolute atomic E-state index is 0.0492. The van der Waals surface area contributed by atoms with Crippen LogP contribution in [0.2, 0.25) is 0 Å². The van der Waals surface area contributed by atoms with Gasteiger partial charge in [-0.15, -0.1) is 0 Å². The van der Waals surface area contributed by atoms with Gasteiger partial charge in [0.05, 0.1) is 7.85 Å². The van der Waals surface area contributed by atoms with E-state index >= 15 is 0 Å². The summed E-state index contributed by atoms with van der Waals surface area (Å²) in [6.07, 6.45) is 0. The summed E-state index contributed by atoms with van der Waals surface area (Å²) in [6.45, 7) is 3.55. The number of hydrogen-bond acceptors (Lipinski definition) is 2. The summed E-state index contributed by atoms with van der Waals surface area (Å²) in [5.74, 6) is -0.0747. The maximum atomic E-state index is 9.35. The van der Waals surface area contributed by atoms with Gasteiger partial charge in [0.1, 0.15) is 11.5 Å². The van der Waals surface area contributed by atoms with E-state index in [-0.39, 0.29) is 17.3 Å². The molecule has 62 valence electrons. The van der Waals surface area contributed by atoms with Crippen molar-refractivity contribution in [2.45, 2.75) is 19.7 Å². The summed E-state index contributed by atoms with van der Waals surface area (Å²) < 4.78 is 0. The summed E-state index contributed by atoms with van der Waals surface area (Å²) in [5.41, 5.74) is 1.38. The summed E-state index contributed by atoms with van der Waals surface area (Å²) in [7, 11) is 5.59. The molecule has 2 nitrogen and oxygen atoms in total. The molecule has 0 aliphatic rings. The van der Waals surface area contributed by atoms with Crippen LogP contribution in [0.25, 0.3) is 0 Å². The van der Waals surface area contributed by atoms with Crippen molar-refractivity contribution in [1.29, 1.82) is 0 Å². The highest BCUT2D eigenvalue weighted by molar-refractivity contribution is 6.12. The average Bonchev–Trinajstić information content (AvgIpc) is 1.96. The van der Waals surface area contributed by atoms with Crippen LogP contribution < -0.4 is 0 Å². The van der Waals surface area contributed by atoms with E-state index in [1.807, 2.05) is 0 Å². The van der Waals surface area contributed by atoms with E-state index in [0.717, 1.165) is 5.56 Å². The molecule has 0 heterocycles. The highest BCUT2D eigenvalue weighted by atomic mass is 16.3. The van der Waals surface area contributed by atoms with Crippen LogP contribution in [-0.4, -0.2) is 18.1 Å². The molecule has 1 aromatic rings. The molecule has 0 bridgehead atoms. The fourth-order valence-electron chi connectivity index (χ4n) is 1.07. The first-order chi connectivity index (χ1) is 5.52. The highest BCUT2D eigenvalue weighted by Gasteiger charge is 2.07. The van der Waals surface area contributed by atoms with Gasteiger partial charge in [-0.25, -0.2) is 0 Å². The van der Waals surface area contributed by atoms with Crippen LogP contribution in [0, 0.1) is 6.92 Å². The van der Waals surface area contributed by atoms with Crippen LogP contribution in [0.1, 0.15) is 23.9 Å². The SMILES string of the molecule is [B]C(C)c1cc(C)c(O)cc1O. The van der Waals surface area contributed by atoms with Gasteiger partial charge in [-0.3, -0.25) is 0 Å². The Morgan fingerprint density at radius 1 is 1.25 bits per heavy atom. The van der Waals surface area contributed by atoms with Crippen LogP contribution in [-0.2, 0) is 0 Å². The summed E-state index contributed by atoms with van der Waals surface area (Å²) in [5, 5.41) is 18.6. The zero-order valence-corrected chi connectivity index (χ0v) is 7.20. The van der Waals surface area contributed by atoms with E-state index in [4.69, 9.17) is 7.85 Å². The predicted octanol–water partition coefficient (Wildman–Crippen LogP) is 1.64. The van der Waals surface area contributed by atoms with Crippen LogP contribution in [0.15, 0.2) is 12.1 Å². The zero-order valence-electron chi connectivity index (χ0n) is 7.20. The number of rotatable bonds is 1. The molecule has 2 radical (unpaired) electrons. The van der Waals surface area contributed by atoms with Gasteiger partial charge in [-0.05, 0) is 24.1 Å². The van der Waals surface area contributed by atoms with Crippen LogP contribution in [0.4, 0.5) is 0 Å². The molecule has 12 heavy (non-hydrogen) atoms. The normalized spacial score (nSPS) is 12.8. The smallest absolute Gasteiger partial charge is 0.122 e. The van der Waals surface area contributed by atoms with Crippen molar-refractivity contribution in [3.05, 3.63) is 23.3 Å². The van der Waals surface area contributed by atoms with Gasteiger partial charge in [-0.1, -0.05) is 12.7 Å². The third kappa shape index (κ3) is 1.55. The fraction of sp³-hybridized carbons (Fsp3) is 0.333. The Hall–Kier alpha value is -1.12. The molecule has 0 saturated carbocycles. The molecule has 1 aromatic carbocycles. The second-order valence-electron chi connectivity index (χ2n) is 2.99. The number of aryl methyl sites for hydroxylation is 1. The number of benzene rings is 1. The molecule has 0 saturated heterocycles. The van der Waals surface area contributed by atoms with Gasteiger partial charge in [0.15, 0.2) is 0 Å². The molecule has 3 heteroatoms. The minimum Gasteiger partial charge on any atom is -0.508 e. The van der Waals surface area contributed by atoms with Crippen molar-refractivity contribution < 1.29 is 10.2 Å². The van der Waals surface area contributed by atoms with E-state index < -0.39 is 0 Å². The van der Waals surface area contributed by atoms with Gasteiger partial charge in [-0.2, -0.15) is 0 Å². The lowest BCUT2D eigenvalue weighted by Crippen LogP contribution is -1.93. The molecule has 0 spiro atoms. The Balaban J connectivity index is 3.23. The van der Waals surface area contributed by atoms with E-state index in [2.05, 4.69) is 0 Å². The third-order valence-corrected chi connectivity index (χ3v) is 1.84. The van der Waals surface area contributed by atoms with E-state index in [9.17, 15) is 10.2 Å². The summed E-state index contributed by atoms with van der Waals surface area (Å²) in [4.78, 5) is 0. The standard InChI is InChI=1S/C9H11BO2/c1-5-3-7(6(2)10)9(12)4-8(5)11/h3-4,6,11-12H,1-2H3. The van der Waals surface area contributed by atoms with Gasteiger partial charge < -0.3 is 10.2 Å². The average molecular weight is 162 g/mol. The Labute approximate surface area is 73.3 Å². The third-order valence-electron chi connectivity index (χ3n) is 1.84. The quantitative estimate of drug-likeness (QED) is 0.616. The lowest BCUT2D eigenvalue weighted by Gasteiger charge is -2.10. The van der Waals surface area contributed by atoms with E-state index in [1.54, 1.807) is 19.9 Å². The van der Waals surface area contributed by atoms with E-state index in [0.29, 0.717) is 5.56 Å². The van der Waals surface area contributed by atoms with Crippen LogP contribution >= 0.6 is 0 Å². The first-order valence-electron chi connectivity index (χ1n) is 3.80.